The number of benzene rings is 1. The average molecular weight is 230 g/mol. The summed E-state index contributed by atoms with van der Waals surface area (Å²) in [6.07, 6.45) is 2.75. The third kappa shape index (κ3) is 1.79. The highest BCUT2D eigenvalue weighted by Gasteiger charge is 2.24. The van der Waals surface area contributed by atoms with E-state index in [2.05, 4.69) is 12.1 Å². The molecule has 1 atom stereocenters. The third-order valence-corrected chi connectivity index (χ3v) is 3.31. The Morgan fingerprint density at radius 1 is 1.53 bits per heavy atom. The molecule has 1 fully saturated rings. The van der Waals surface area contributed by atoms with E-state index in [-0.39, 0.29) is 5.91 Å². The maximum Gasteiger partial charge on any atom is 0.253 e. The second kappa shape index (κ2) is 3.87. The van der Waals surface area contributed by atoms with E-state index in [0.29, 0.717) is 17.1 Å². The normalized spacial score (nSPS) is 20.1. The maximum absolute atomic E-state index is 12.2. The molecule has 0 bridgehead atoms. The average Bonchev–Trinajstić information content (AvgIpc) is 2.95. The lowest BCUT2D eigenvalue weighted by molar-refractivity contribution is 0.0788. The molecule has 1 aromatic heterocycles. The Bertz CT molecular complexity index is 561. The molecule has 88 valence electrons. The van der Waals surface area contributed by atoms with Gasteiger partial charge in [0, 0.05) is 24.0 Å². The van der Waals surface area contributed by atoms with Gasteiger partial charge >= 0.3 is 0 Å². The molecule has 0 spiro atoms. The van der Waals surface area contributed by atoms with Crippen molar-refractivity contribution < 1.29 is 9.32 Å². The van der Waals surface area contributed by atoms with Gasteiger partial charge in [-0.05, 0) is 30.5 Å². The van der Waals surface area contributed by atoms with Crippen molar-refractivity contribution in [3.63, 3.8) is 0 Å². The molecule has 0 saturated carbocycles. The lowest BCUT2D eigenvalue weighted by atomic mass is 10.1. The number of hydrogen-bond donors (Lipinski definition) is 0. The van der Waals surface area contributed by atoms with Gasteiger partial charge in [-0.25, -0.2) is 0 Å². The molecule has 1 saturated heterocycles. The molecule has 0 N–H and O–H groups in total. The highest BCUT2D eigenvalue weighted by atomic mass is 16.5. The summed E-state index contributed by atoms with van der Waals surface area (Å²) in [7, 11) is 0. The summed E-state index contributed by atoms with van der Waals surface area (Å²) in [4.78, 5) is 14.1. The number of hydrogen-bond acceptors (Lipinski definition) is 3. The fraction of sp³-hybridized carbons (Fsp3) is 0.385. The van der Waals surface area contributed by atoms with Crippen molar-refractivity contribution in [3.05, 3.63) is 30.0 Å². The van der Waals surface area contributed by atoms with Crippen molar-refractivity contribution >= 4 is 16.9 Å². The molecule has 1 aliphatic rings. The van der Waals surface area contributed by atoms with Gasteiger partial charge in [-0.2, -0.15) is 0 Å². The molecule has 1 aromatic carbocycles. The summed E-state index contributed by atoms with van der Waals surface area (Å²) in [5.41, 5.74) is 1.35. The minimum absolute atomic E-state index is 0.0904. The Hall–Kier alpha value is -1.84. The number of likely N-dealkylation sites (tertiary alicyclic amines) is 1. The predicted octanol–water partition coefficient (Wildman–Crippen LogP) is 2.31. The molecule has 0 aliphatic carbocycles. The SMILES string of the molecule is CC1CCN(C(=O)c2ccc3cnoc3c2)C1. The van der Waals surface area contributed by atoms with Crippen LogP contribution in [0.25, 0.3) is 11.0 Å². The highest BCUT2D eigenvalue weighted by Crippen LogP contribution is 2.20. The number of fused-ring (bicyclic) bond motifs is 1. The molecule has 1 unspecified atom stereocenters. The minimum atomic E-state index is 0.0904. The van der Waals surface area contributed by atoms with E-state index in [1.54, 1.807) is 12.3 Å². The van der Waals surface area contributed by atoms with Crippen molar-refractivity contribution in [2.45, 2.75) is 13.3 Å². The second-order valence-corrected chi connectivity index (χ2v) is 4.72. The third-order valence-electron chi connectivity index (χ3n) is 3.31. The number of carbonyl (C=O) groups is 1. The van der Waals surface area contributed by atoms with Crippen LogP contribution < -0.4 is 0 Å². The zero-order valence-electron chi connectivity index (χ0n) is 9.72. The van der Waals surface area contributed by atoms with Crippen LogP contribution in [0.5, 0.6) is 0 Å². The summed E-state index contributed by atoms with van der Waals surface area (Å²) >= 11 is 0. The Morgan fingerprint density at radius 2 is 2.41 bits per heavy atom. The molecule has 3 rings (SSSR count). The van der Waals surface area contributed by atoms with E-state index < -0.39 is 0 Å². The van der Waals surface area contributed by atoms with Crippen LogP contribution in [-0.4, -0.2) is 29.1 Å². The molecule has 2 heterocycles. The lowest BCUT2D eigenvalue weighted by Gasteiger charge is -2.15. The van der Waals surface area contributed by atoms with Crippen LogP contribution in [0.2, 0.25) is 0 Å². The first-order chi connectivity index (χ1) is 8.24. The molecule has 1 aliphatic heterocycles. The highest BCUT2D eigenvalue weighted by molar-refractivity contribution is 5.97. The van der Waals surface area contributed by atoms with E-state index in [1.165, 1.54) is 0 Å². The summed E-state index contributed by atoms with van der Waals surface area (Å²) in [5.74, 6) is 0.695. The zero-order chi connectivity index (χ0) is 11.8. The summed E-state index contributed by atoms with van der Waals surface area (Å²) < 4.78 is 5.07. The Morgan fingerprint density at radius 3 is 3.18 bits per heavy atom. The standard InChI is InChI=1S/C13H14N2O2/c1-9-4-5-15(8-9)13(16)10-2-3-11-7-14-17-12(11)6-10/h2-3,6-7,9H,4-5,8H2,1H3. The first-order valence-electron chi connectivity index (χ1n) is 5.88. The molecular formula is C13H14N2O2. The minimum Gasteiger partial charge on any atom is -0.356 e. The molecule has 1 amide bonds. The molecule has 17 heavy (non-hydrogen) atoms. The van der Waals surface area contributed by atoms with Gasteiger partial charge in [0.15, 0.2) is 5.58 Å². The van der Waals surface area contributed by atoms with Crippen molar-refractivity contribution in [1.82, 2.24) is 10.1 Å². The number of carbonyl (C=O) groups excluding carboxylic acids is 1. The Balaban J connectivity index is 1.89. The Kier molecular flexibility index (Phi) is 2.35. The van der Waals surface area contributed by atoms with Crippen LogP contribution in [0.4, 0.5) is 0 Å². The van der Waals surface area contributed by atoms with E-state index in [0.717, 1.165) is 24.9 Å². The van der Waals surface area contributed by atoms with Crippen LogP contribution in [0.3, 0.4) is 0 Å². The molecule has 2 aromatic rings. The molecule has 0 radical (unpaired) electrons. The topological polar surface area (TPSA) is 46.3 Å². The number of rotatable bonds is 1. The van der Waals surface area contributed by atoms with Gasteiger partial charge < -0.3 is 9.42 Å². The first kappa shape index (κ1) is 10.3. The smallest absolute Gasteiger partial charge is 0.253 e. The quantitative estimate of drug-likeness (QED) is 0.755. The van der Waals surface area contributed by atoms with E-state index in [4.69, 9.17) is 4.52 Å². The van der Waals surface area contributed by atoms with Gasteiger partial charge in [-0.15, -0.1) is 0 Å². The number of aromatic nitrogens is 1. The number of nitrogens with zero attached hydrogens (tertiary/aromatic N) is 2. The molecule has 4 nitrogen and oxygen atoms in total. The lowest BCUT2D eigenvalue weighted by Crippen LogP contribution is -2.28. The van der Waals surface area contributed by atoms with Gasteiger partial charge in [0.1, 0.15) is 0 Å². The van der Waals surface area contributed by atoms with Crippen LogP contribution in [0.1, 0.15) is 23.7 Å². The van der Waals surface area contributed by atoms with Crippen LogP contribution in [0, 0.1) is 5.92 Å². The largest absolute Gasteiger partial charge is 0.356 e. The van der Waals surface area contributed by atoms with Crippen LogP contribution in [0.15, 0.2) is 28.9 Å². The first-order valence-corrected chi connectivity index (χ1v) is 5.88. The van der Waals surface area contributed by atoms with Gasteiger partial charge in [0.25, 0.3) is 5.91 Å². The van der Waals surface area contributed by atoms with Crippen LogP contribution >= 0.6 is 0 Å². The van der Waals surface area contributed by atoms with Gasteiger partial charge in [0.05, 0.1) is 6.20 Å². The monoisotopic (exact) mass is 230 g/mol. The van der Waals surface area contributed by atoms with Crippen molar-refractivity contribution in [2.24, 2.45) is 5.92 Å². The van der Waals surface area contributed by atoms with E-state index in [1.807, 2.05) is 17.0 Å². The summed E-state index contributed by atoms with van der Waals surface area (Å²) in [5, 5.41) is 4.64. The van der Waals surface area contributed by atoms with Crippen LogP contribution in [-0.2, 0) is 0 Å². The fourth-order valence-electron chi connectivity index (χ4n) is 2.30. The maximum atomic E-state index is 12.2. The molecular weight excluding hydrogens is 216 g/mol. The second-order valence-electron chi connectivity index (χ2n) is 4.72. The predicted molar refractivity (Wildman–Crippen MR) is 63.7 cm³/mol. The van der Waals surface area contributed by atoms with Gasteiger partial charge in [-0.1, -0.05) is 12.1 Å². The van der Waals surface area contributed by atoms with E-state index in [9.17, 15) is 4.79 Å². The fourth-order valence-corrected chi connectivity index (χ4v) is 2.30. The number of amides is 1. The van der Waals surface area contributed by atoms with Gasteiger partial charge in [0.2, 0.25) is 0 Å². The molecule has 4 heteroatoms. The summed E-state index contributed by atoms with van der Waals surface area (Å²) in [6.45, 7) is 3.88. The van der Waals surface area contributed by atoms with Crippen molar-refractivity contribution in [1.29, 1.82) is 0 Å². The van der Waals surface area contributed by atoms with Crippen molar-refractivity contribution in [2.75, 3.05) is 13.1 Å². The summed E-state index contributed by atoms with van der Waals surface area (Å²) in [6, 6.07) is 5.48. The van der Waals surface area contributed by atoms with Crippen molar-refractivity contribution in [3.8, 4) is 0 Å². The zero-order valence-corrected chi connectivity index (χ0v) is 9.72. The Labute approximate surface area is 99.2 Å². The van der Waals surface area contributed by atoms with Gasteiger partial charge in [-0.3, -0.25) is 4.79 Å². The van der Waals surface area contributed by atoms with E-state index >= 15 is 0 Å².